The number of carbonyl (C=O) groups excluding carboxylic acids is 2. The van der Waals surface area contributed by atoms with Gasteiger partial charge in [0.1, 0.15) is 5.82 Å². The molecule has 2 amide bonds. The smallest absolute Gasteiger partial charge is 0.261 e. The minimum absolute atomic E-state index is 0.123. The van der Waals surface area contributed by atoms with Gasteiger partial charge >= 0.3 is 0 Å². The molecule has 2 N–H and O–H groups in total. The van der Waals surface area contributed by atoms with Crippen LogP contribution in [0.25, 0.3) is 0 Å². The second kappa shape index (κ2) is 10.3. The van der Waals surface area contributed by atoms with Gasteiger partial charge < -0.3 is 10.6 Å². The molecule has 3 aromatic rings. The van der Waals surface area contributed by atoms with Crippen molar-refractivity contribution in [3.05, 3.63) is 58.0 Å². The summed E-state index contributed by atoms with van der Waals surface area (Å²) in [7, 11) is 0. The first kappa shape index (κ1) is 20.4. The van der Waals surface area contributed by atoms with E-state index in [9.17, 15) is 14.0 Å². The Morgan fingerprint density at radius 3 is 2.71 bits per heavy atom. The Morgan fingerprint density at radius 1 is 1.14 bits per heavy atom. The summed E-state index contributed by atoms with van der Waals surface area (Å²) >= 11 is 4.15. The number of carbonyl (C=O) groups is 2. The van der Waals surface area contributed by atoms with Crippen LogP contribution in [0, 0.1) is 5.82 Å². The zero-order chi connectivity index (χ0) is 19.8. The van der Waals surface area contributed by atoms with Crippen LogP contribution in [0.1, 0.15) is 28.1 Å². The van der Waals surface area contributed by atoms with E-state index >= 15 is 0 Å². The molecule has 2 heterocycles. The molecule has 6 nitrogen and oxygen atoms in total. The van der Waals surface area contributed by atoms with E-state index in [0.29, 0.717) is 28.7 Å². The summed E-state index contributed by atoms with van der Waals surface area (Å²) in [4.78, 5) is 24.4. The molecule has 0 fully saturated rings. The number of aromatic nitrogens is 2. The summed E-state index contributed by atoms with van der Waals surface area (Å²) in [5, 5.41) is 15.8. The SMILES string of the molecule is O=C(CCCNC(=O)c1cccs1)Nc1nnc(SCc2ccc(F)cc2)s1. The van der Waals surface area contributed by atoms with E-state index in [-0.39, 0.29) is 24.1 Å². The lowest BCUT2D eigenvalue weighted by Gasteiger charge is -2.03. The molecular formula is C18H17FN4O2S3. The minimum atomic E-state index is -0.263. The van der Waals surface area contributed by atoms with E-state index in [1.807, 2.05) is 11.4 Å². The summed E-state index contributed by atoms with van der Waals surface area (Å²) < 4.78 is 13.6. The molecule has 0 saturated heterocycles. The van der Waals surface area contributed by atoms with Crippen molar-refractivity contribution >= 4 is 51.4 Å². The fourth-order valence-electron chi connectivity index (χ4n) is 2.17. The molecule has 0 bridgehead atoms. The summed E-state index contributed by atoms with van der Waals surface area (Å²) in [5.41, 5.74) is 0.983. The molecule has 1 aromatic carbocycles. The van der Waals surface area contributed by atoms with E-state index in [4.69, 9.17) is 0 Å². The molecule has 0 aliphatic carbocycles. The van der Waals surface area contributed by atoms with Gasteiger partial charge in [0.25, 0.3) is 5.91 Å². The highest BCUT2D eigenvalue weighted by molar-refractivity contribution is 8.00. The van der Waals surface area contributed by atoms with Gasteiger partial charge in [-0.2, -0.15) is 0 Å². The van der Waals surface area contributed by atoms with Gasteiger partial charge in [-0.05, 0) is 35.6 Å². The standard InChI is InChI=1S/C18H17FN4O2S3/c19-13-7-5-12(6-8-13)11-27-18-23-22-17(28-18)21-15(24)4-1-9-20-16(25)14-3-2-10-26-14/h2-3,5-8,10H,1,4,9,11H2,(H,20,25)(H,21,22,24). The predicted octanol–water partition coefficient (Wildman–Crippen LogP) is 4.18. The van der Waals surface area contributed by atoms with Crippen LogP contribution in [0.3, 0.4) is 0 Å². The number of thiophene rings is 1. The highest BCUT2D eigenvalue weighted by Gasteiger charge is 2.10. The van der Waals surface area contributed by atoms with Crippen molar-refractivity contribution in [1.82, 2.24) is 15.5 Å². The molecule has 28 heavy (non-hydrogen) atoms. The lowest BCUT2D eigenvalue weighted by Crippen LogP contribution is -2.24. The maximum absolute atomic E-state index is 12.9. The highest BCUT2D eigenvalue weighted by atomic mass is 32.2. The van der Waals surface area contributed by atoms with E-state index in [1.165, 1.54) is 46.6 Å². The number of hydrogen-bond acceptors (Lipinski definition) is 7. The number of amides is 2. The van der Waals surface area contributed by atoms with Gasteiger partial charge in [0.05, 0.1) is 4.88 Å². The van der Waals surface area contributed by atoms with Gasteiger partial charge in [0, 0.05) is 18.7 Å². The topological polar surface area (TPSA) is 84.0 Å². The lowest BCUT2D eigenvalue weighted by molar-refractivity contribution is -0.116. The molecule has 0 radical (unpaired) electrons. The van der Waals surface area contributed by atoms with Gasteiger partial charge in [-0.1, -0.05) is 41.3 Å². The fraction of sp³-hybridized carbons (Fsp3) is 0.222. The molecule has 0 spiro atoms. The average molecular weight is 437 g/mol. The van der Waals surface area contributed by atoms with Crippen LogP contribution >= 0.6 is 34.4 Å². The van der Waals surface area contributed by atoms with Crippen molar-refractivity contribution in [3.63, 3.8) is 0 Å². The fourth-order valence-corrected chi connectivity index (χ4v) is 4.54. The zero-order valence-corrected chi connectivity index (χ0v) is 17.1. The van der Waals surface area contributed by atoms with Gasteiger partial charge in [-0.3, -0.25) is 9.59 Å². The number of halogens is 1. The Bertz CT molecular complexity index is 913. The van der Waals surface area contributed by atoms with E-state index < -0.39 is 0 Å². The van der Waals surface area contributed by atoms with Crippen molar-refractivity contribution in [2.45, 2.75) is 22.9 Å². The maximum atomic E-state index is 12.9. The second-order valence-electron chi connectivity index (χ2n) is 5.67. The molecule has 10 heteroatoms. The lowest BCUT2D eigenvalue weighted by atomic mass is 10.2. The minimum Gasteiger partial charge on any atom is -0.351 e. The Hall–Kier alpha value is -2.30. The summed E-state index contributed by atoms with van der Waals surface area (Å²) in [6.45, 7) is 0.430. The van der Waals surface area contributed by atoms with Crippen molar-refractivity contribution in [3.8, 4) is 0 Å². The van der Waals surface area contributed by atoms with Crippen LogP contribution in [-0.4, -0.2) is 28.6 Å². The van der Waals surface area contributed by atoms with Gasteiger partial charge in [-0.25, -0.2) is 4.39 Å². The highest BCUT2D eigenvalue weighted by Crippen LogP contribution is 2.28. The number of nitrogens with zero attached hydrogens (tertiary/aromatic N) is 2. The van der Waals surface area contributed by atoms with E-state index in [0.717, 1.165) is 9.90 Å². The molecule has 2 aromatic heterocycles. The number of hydrogen-bond donors (Lipinski definition) is 2. The second-order valence-corrected chi connectivity index (χ2v) is 8.82. The van der Waals surface area contributed by atoms with Gasteiger partial charge in [-0.15, -0.1) is 21.5 Å². The largest absolute Gasteiger partial charge is 0.351 e. The zero-order valence-electron chi connectivity index (χ0n) is 14.7. The predicted molar refractivity (Wildman–Crippen MR) is 110 cm³/mol. The number of benzene rings is 1. The van der Waals surface area contributed by atoms with Crippen molar-refractivity contribution in [1.29, 1.82) is 0 Å². The third-order valence-corrected chi connectivity index (χ3v) is 6.45. The summed E-state index contributed by atoms with van der Waals surface area (Å²) in [6.07, 6.45) is 0.816. The molecular weight excluding hydrogens is 419 g/mol. The van der Waals surface area contributed by atoms with Crippen LogP contribution in [0.5, 0.6) is 0 Å². The van der Waals surface area contributed by atoms with Crippen LogP contribution < -0.4 is 10.6 Å². The number of nitrogens with one attached hydrogen (secondary N) is 2. The first-order chi connectivity index (χ1) is 13.6. The van der Waals surface area contributed by atoms with E-state index in [2.05, 4.69) is 20.8 Å². The Kier molecular flexibility index (Phi) is 7.52. The molecule has 0 aliphatic heterocycles. The molecule has 146 valence electrons. The van der Waals surface area contributed by atoms with E-state index in [1.54, 1.807) is 18.2 Å². The third-order valence-electron chi connectivity index (χ3n) is 3.54. The third kappa shape index (κ3) is 6.39. The maximum Gasteiger partial charge on any atom is 0.261 e. The first-order valence-electron chi connectivity index (χ1n) is 8.42. The molecule has 0 aliphatic rings. The normalized spacial score (nSPS) is 10.6. The number of rotatable bonds is 9. The van der Waals surface area contributed by atoms with Gasteiger partial charge in [0.2, 0.25) is 11.0 Å². The first-order valence-corrected chi connectivity index (χ1v) is 11.1. The summed E-state index contributed by atoms with van der Waals surface area (Å²) in [5.74, 6) is 0.0898. The average Bonchev–Trinajstić information content (AvgIpc) is 3.37. The van der Waals surface area contributed by atoms with Crippen molar-refractivity contribution < 1.29 is 14.0 Å². The monoisotopic (exact) mass is 436 g/mol. The number of anilines is 1. The Balaban J connectivity index is 1.35. The Labute approximate surface area is 173 Å². The van der Waals surface area contributed by atoms with Gasteiger partial charge in [0.15, 0.2) is 4.34 Å². The molecule has 0 atom stereocenters. The van der Waals surface area contributed by atoms with Crippen LogP contribution in [-0.2, 0) is 10.5 Å². The number of thioether (sulfide) groups is 1. The molecule has 0 unspecified atom stereocenters. The van der Waals surface area contributed by atoms with Crippen molar-refractivity contribution in [2.24, 2.45) is 0 Å². The Morgan fingerprint density at radius 2 is 1.96 bits per heavy atom. The molecule has 3 rings (SSSR count). The molecule has 0 saturated carbocycles. The quantitative estimate of drug-likeness (QED) is 0.299. The van der Waals surface area contributed by atoms with Crippen LogP contribution in [0.15, 0.2) is 46.1 Å². The van der Waals surface area contributed by atoms with Crippen molar-refractivity contribution in [2.75, 3.05) is 11.9 Å². The van der Waals surface area contributed by atoms with Crippen LogP contribution in [0.2, 0.25) is 0 Å². The van der Waals surface area contributed by atoms with Crippen LogP contribution in [0.4, 0.5) is 9.52 Å². The summed E-state index contributed by atoms with van der Waals surface area (Å²) in [6, 6.07) is 9.87.